The van der Waals surface area contributed by atoms with E-state index in [9.17, 15) is 0 Å². The minimum Gasteiger partial charge on any atom is -0.497 e. The van der Waals surface area contributed by atoms with E-state index in [1.54, 1.807) is 18.4 Å². The van der Waals surface area contributed by atoms with Crippen molar-refractivity contribution in [1.29, 1.82) is 0 Å². The van der Waals surface area contributed by atoms with Gasteiger partial charge in [-0.3, -0.25) is 0 Å². The average Bonchev–Trinajstić information content (AvgIpc) is 3.07. The van der Waals surface area contributed by atoms with Crippen molar-refractivity contribution in [1.82, 2.24) is 14.5 Å². The molecule has 4 nitrogen and oxygen atoms in total. The van der Waals surface area contributed by atoms with Crippen LogP contribution in [0, 0.1) is 6.92 Å². The number of methoxy groups -OCH3 is 1. The molecule has 0 amide bonds. The molecule has 110 valence electrons. The molecule has 6 heteroatoms. The lowest BCUT2D eigenvalue weighted by molar-refractivity contribution is 0.415. The zero-order valence-corrected chi connectivity index (χ0v) is 13.5. The van der Waals surface area contributed by atoms with Crippen molar-refractivity contribution in [3.8, 4) is 5.75 Å². The fourth-order valence-corrected chi connectivity index (χ4v) is 3.24. The number of ether oxygens (including phenoxy) is 1. The third-order valence-electron chi connectivity index (χ3n) is 3.41. The molecule has 2 heterocycles. The van der Waals surface area contributed by atoms with Crippen LogP contribution in [-0.4, -0.2) is 21.6 Å². The molecule has 0 aliphatic rings. The van der Waals surface area contributed by atoms with Crippen molar-refractivity contribution >= 4 is 34.0 Å². The Labute approximate surface area is 132 Å². The number of halogens is 1. The van der Waals surface area contributed by atoms with Gasteiger partial charge in [-0.1, -0.05) is 0 Å². The molecule has 0 N–H and O–H groups in total. The molecule has 3 aromatic rings. The molecule has 2 aromatic heterocycles. The molecule has 0 saturated heterocycles. The first-order chi connectivity index (χ1) is 10.2. The number of hydrogen-bond acceptors (Lipinski definition) is 4. The van der Waals surface area contributed by atoms with Gasteiger partial charge in [0, 0.05) is 24.4 Å². The Kier molecular flexibility index (Phi) is 4.12. The van der Waals surface area contributed by atoms with Crippen LogP contribution in [0.1, 0.15) is 16.5 Å². The topological polar surface area (TPSA) is 39.9 Å². The van der Waals surface area contributed by atoms with Gasteiger partial charge in [0.15, 0.2) is 0 Å². The summed E-state index contributed by atoms with van der Waals surface area (Å²) in [4.78, 5) is 9.10. The lowest BCUT2D eigenvalue weighted by Crippen LogP contribution is -2.05. The summed E-state index contributed by atoms with van der Waals surface area (Å²) >= 11 is 7.72. The molecule has 21 heavy (non-hydrogen) atoms. The highest BCUT2D eigenvalue weighted by Crippen LogP contribution is 2.23. The summed E-state index contributed by atoms with van der Waals surface area (Å²) in [5.41, 5.74) is 3.12. The molecule has 0 unspecified atom stereocenters. The molecular weight excluding hydrogens is 306 g/mol. The van der Waals surface area contributed by atoms with Crippen LogP contribution in [0.5, 0.6) is 5.75 Å². The molecule has 0 fully saturated rings. The molecule has 0 radical (unpaired) electrons. The van der Waals surface area contributed by atoms with Crippen LogP contribution in [-0.2, 0) is 18.8 Å². The second kappa shape index (κ2) is 6.03. The molecule has 1 aromatic carbocycles. The van der Waals surface area contributed by atoms with Gasteiger partial charge in [-0.25, -0.2) is 9.97 Å². The first-order valence-electron chi connectivity index (χ1n) is 6.71. The van der Waals surface area contributed by atoms with E-state index >= 15 is 0 Å². The van der Waals surface area contributed by atoms with E-state index in [1.807, 2.05) is 25.1 Å². The number of rotatable bonds is 5. The number of aromatic nitrogens is 3. The van der Waals surface area contributed by atoms with Crippen LogP contribution in [0.15, 0.2) is 23.6 Å². The summed E-state index contributed by atoms with van der Waals surface area (Å²) in [7, 11) is 1.66. The number of fused-ring (bicyclic) bond motifs is 1. The van der Waals surface area contributed by atoms with Crippen molar-refractivity contribution in [2.45, 2.75) is 25.8 Å². The third kappa shape index (κ3) is 2.89. The van der Waals surface area contributed by atoms with Crippen molar-refractivity contribution < 1.29 is 4.74 Å². The van der Waals surface area contributed by atoms with Gasteiger partial charge in [-0.15, -0.1) is 22.9 Å². The van der Waals surface area contributed by atoms with Gasteiger partial charge in [0.2, 0.25) is 0 Å². The summed E-state index contributed by atoms with van der Waals surface area (Å²) in [6, 6.07) is 5.92. The predicted molar refractivity (Wildman–Crippen MR) is 86.4 cm³/mol. The number of alkyl halides is 1. The highest BCUT2D eigenvalue weighted by Gasteiger charge is 2.11. The lowest BCUT2D eigenvalue weighted by atomic mass is 10.3. The molecule has 3 rings (SSSR count). The second-order valence-electron chi connectivity index (χ2n) is 4.78. The van der Waals surface area contributed by atoms with Gasteiger partial charge < -0.3 is 9.30 Å². The van der Waals surface area contributed by atoms with E-state index in [0.29, 0.717) is 5.88 Å². The van der Waals surface area contributed by atoms with Gasteiger partial charge in [0.25, 0.3) is 0 Å². The third-order valence-corrected chi connectivity index (χ3v) is 4.47. The standard InChI is InChI=1S/C15H16ClN3OS/c1-10-17-11(9-21-10)5-6-19-14-4-3-12(20-2)7-13(14)18-15(19)8-16/h3-4,7,9H,5-6,8H2,1-2H3. The van der Waals surface area contributed by atoms with Crippen molar-refractivity contribution in [2.75, 3.05) is 7.11 Å². The van der Waals surface area contributed by atoms with Crippen molar-refractivity contribution in [3.05, 3.63) is 40.1 Å². The fourth-order valence-electron chi connectivity index (χ4n) is 2.39. The minimum absolute atomic E-state index is 0.396. The number of hydrogen-bond donors (Lipinski definition) is 0. The van der Waals surface area contributed by atoms with Crippen LogP contribution in [0.4, 0.5) is 0 Å². The zero-order valence-electron chi connectivity index (χ0n) is 12.0. The van der Waals surface area contributed by atoms with Crippen LogP contribution in [0.25, 0.3) is 11.0 Å². The molecule has 0 atom stereocenters. The molecule has 0 bridgehead atoms. The summed E-state index contributed by atoms with van der Waals surface area (Å²) < 4.78 is 7.41. The van der Waals surface area contributed by atoms with E-state index in [0.717, 1.165) is 46.3 Å². The maximum atomic E-state index is 6.03. The number of imidazole rings is 1. The first-order valence-corrected chi connectivity index (χ1v) is 8.13. The number of aryl methyl sites for hydroxylation is 3. The number of benzene rings is 1. The van der Waals surface area contributed by atoms with E-state index in [-0.39, 0.29) is 0 Å². The molecule has 0 aliphatic heterocycles. The summed E-state index contributed by atoms with van der Waals surface area (Å²) in [6.07, 6.45) is 0.881. The maximum Gasteiger partial charge on any atom is 0.124 e. The first kappa shape index (κ1) is 14.4. The van der Waals surface area contributed by atoms with Crippen LogP contribution in [0.3, 0.4) is 0 Å². The number of thiazole rings is 1. The molecule has 0 aliphatic carbocycles. The summed E-state index contributed by atoms with van der Waals surface area (Å²) in [5, 5.41) is 3.21. The Bertz CT molecular complexity index is 765. The van der Waals surface area contributed by atoms with Crippen LogP contribution < -0.4 is 4.74 Å². The van der Waals surface area contributed by atoms with Gasteiger partial charge in [0.05, 0.1) is 34.7 Å². The second-order valence-corrected chi connectivity index (χ2v) is 6.11. The normalized spacial score (nSPS) is 11.2. The van der Waals surface area contributed by atoms with E-state index in [1.165, 1.54) is 0 Å². The average molecular weight is 322 g/mol. The van der Waals surface area contributed by atoms with E-state index in [4.69, 9.17) is 16.3 Å². The summed E-state index contributed by atoms with van der Waals surface area (Å²) in [6.45, 7) is 2.85. The minimum atomic E-state index is 0.396. The SMILES string of the molecule is COc1ccc2c(c1)nc(CCl)n2CCc1csc(C)n1. The Morgan fingerprint density at radius 1 is 1.33 bits per heavy atom. The van der Waals surface area contributed by atoms with E-state index in [2.05, 4.69) is 19.9 Å². The molecular formula is C15H16ClN3OS. The van der Waals surface area contributed by atoms with Crippen molar-refractivity contribution in [2.24, 2.45) is 0 Å². The monoisotopic (exact) mass is 321 g/mol. The van der Waals surface area contributed by atoms with Gasteiger partial charge in [0.1, 0.15) is 11.6 Å². The predicted octanol–water partition coefficient (Wildman–Crippen LogP) is 3.79. The number of nitrogens with zero attached hydrogens (tertiary/aromatic N) is 3. The van der Waals surface area contributed by atoms with Crippen LogP contribution >= 0.6 is 22.9 Å². The largest absolute Gasteiger partial charge is 0.497 e. The highest BCUT2D eigenvalue weighted by atomic mass is 35.5. The van der Waals surface area contributed by atoms with Gasteiger partial charge >= 0.3 is 0 Å². The lowest BCUT2D eigenvalue weighted by Gasteiger charge is -2.06. The van der Waals surface area contributed by atoms with E-state index < -0.39 is 0 Å². The molecule has 0 saturated carbocycles. The quantitative estimate of drug-likeness (QED) is 0.671. The fraction of sp³-hybridized carbons (Fsp3) is 0.333. The Balaban J connectivity index is 1.92. The Hall–Kier alpha value is -1.59. The Morgan fingerprint density at radius 2 is 2.19 bits per heavy atom. The summed E-state index contributed by atoms with van der Waals surface area (Å²) in [5.74, 6) is 2.09. The van der Waals surface area contributed by atoms with Gasteiger partial charge in [-0.05, 0) is 19.1 Å². The van der Waals surface area contributed by atoms with Crippen molar-refractivity contribution in [3.63, 3.8) is 0 Å². The molecule has 0 spiro atoms. The smallest absolute Gasteiger partial charge is 0.124 e. The Morgan fingerprint density at radius 3 is 2.86 bits per heavy atom. The van der Waals surface area contributed by atoms with Crippen LogP contribution in [0.2, 0.25) is 0 Å². The van der Waals surface area contributed by atoms with Gasteiger partial charge in [-0.2, -0.15) is 0 Å². The zero-order chi connectivity index (χ0) is 14.8. The highest BCUT2D eigenvalue weighted by molar-refractivity contribution is 7.09. The maximum absolute atomic E-state index is 6.03.